The molecule has 0 saturated heterocycles. The molecule has 0 aromatic heterocycles. The Bertz CT molecular complexity index is 556. The summed E-state index contributed by atoms with van der Waals surface area (Å²) in [5.74, 6) is 3.09. The number of hydrogen-bond donors (Lipinski definition) is 1. The topological polar surface area (TPSA) is 29.1 Å². The molecule has 0 heterocycles. The zero-order chi connectivity index (χ0) is 15.9. The molecular formula is C21H29NO. The van der Waals surface area contributed by atoms with Gasteiger partial charge in [-0.2, -0.15) is 0 Å². The van der Waals surface area contributed by atoms with Gasteiger partial charge in [-0.1, -0.05) is 24.3 Å². The van der Waals surface area contributed by atoms with Crippen molar-refractivity contribution >= 4 is 5.91 Å². The molecule has 0 spiro atoms. The van der Waals surface area contributed by atoms with Crippen molar-refractivity contribution in [3.8, 4) is 0 Å². The monoisotopic (exact) mass is 311 g/mol. The van der Waals surface area contributed by atoms with E-state index in [1.165, 1.54) is 49.7 Å². The number of aryl methyl sites for hydroxylation is 1. The van der Waals surface area contributed by atoms with Crippen LogP contribution in [0.5, 0.6) is 0 Å². The maximum absolute atomic E-state index is 12.5. The van der Waals surface area contributed by atoms with E-state index in [2.05, 4.69) is 36.5 Å². The lowest BCUT2D eigenvalue weighted by Gasteiger charge is -2.56. The Balaban J connectivity index is 1.30. The summed E-state index contributed by atoms with van der Waals surface area (Å²) in [5, 5.41) is 3.19. The minimum absolute atomic E-state index is 0.292. The summed E-state index contributed by atoms with van der Waals surface area (Å²) in [6.07, 6.45) is 10.1. The summed E-state index contributed by atoms with van der Waals surface area (Å²) in [4.78, 5) is 12.5. The lowest BCUT2D eigenvalue weighted by atomic mass is 9.49. The van der Waals surface area contributed by atoms with Gasteiger partial charge < -0.3 is 5.32 Å². The molecule has 5 rings (SSSR count). The van der Waals surface area contributed by atoms with Crippen molar-refractivity contribution in [3.05, 3.63) is 35.4 Å². The van der Waals surface area contributed by atoms with Crippen LogP contribution in [-0.4, -0.2) is 12.5 Å². The number of carbonyl (C=O) groups excluding carboxylic acids is 1. The fraction of sp³-hybridized carbons (Fsp3) is 0.667. The van der Waals surface area contributed by atoms with E-state index in [1.54, 1.807) is 0 Å². The van der Waals surface area contributed by atoms with Crippen LogP contribution in [0.15, 0.2) is 24.3 Å². The van der Waals surface area contributed by atoms with Crippen LogP contribution in [0.2, 0.25) is 0 Å². The number of hydrogen-bond acceptors (Lipinski definition) is 1. The Kier molecular flexibility index (Phi) is 3.95. The Morgan fingerprint density at radius 1 is 1.09 bits per heavy atom. The second kappa shape index (κ2) is 5.96. The molecule has 4 aliphatic carbocycles. The van der Waals surface area contributed by atoms with Crippen LogP contribution in [0, 0.1) is 30.1 Å². The summed E-state index contributed by atoms with van der Waals surface area (Å²) in [6, 6.07) is 8.47. The van der Waals surface area contributed by atoms with Gasteiger partial charge in [0.1, 0.15) is 0 Å². The third-order valence-electron chi connectivity index (χ3n) is 6.68. The highest BCUT2D eigenvalue weighted by Crippen LogP contribution is 2.61. The summed E-state index contributed by atoms with van der Waals surface area (Å²) < 4.78 is 0. The molecule has 4 saturated carbocycles. The van der Waals surface area contributed by atoms with Gasteiger partial charge in [-0.15, -0.1) is 0 Å². The van der Waals surface area contributed by atoms with Crippen LogP contribution in [0.1, 0.15) is 56.1 Å². The third-order valence-corrected chi connectivity index (χ3v) is 6.68. The first-order valence-corrected chi connectivity index (χ1v) is 9.43. The number of nitrogens with one attached hydrogen (secondary N) is 1. The number of rotatable bonds is 5. The van der Waals surface area contributed by atoms with Crippen molar-refractivity contribution in [2.45, 2.75) is 58.3 Å². The highest BCUT2D eigenvalue weighted by molar-refractivity contribution is 5.76. The van der Waals surface area contributed by atoms with Gasteiger partial charge in [0.2, 0.25) is 5.91 Å². The summed E-state index contributed by atoms with van der Waals surface area (Å²) in [7, 11) is 0. The molecule has 4 fully saturated rings. The summed E-state index contributed by atoms with van der Waals surface area (Å²) >= 11 is 0. The third kappa shape index (κ3) is 3.18. The molecular weight excluding hydrogens is 282 g/mol. The predicted octanol–water partition coefficient (Wildman–Crippen LogP) is 4.26. The van der Waals surface area contributed by atoms with E-state index in [4.69, 9.17) is 0 Å². The van der Waals surface area contributed by atoms with Crippen molar-refractivity contribution in [1.29, 1.82) is 0 Å². The van der Waals surface area contributed by atoms with Gasteiger partial charge in [-0.05, 0) is 86.2 Å². The van der Waals surface area contributed by atoms with E-state index < -0.39 is 0 Å². The maximum atomic E-state index is 12.5. The average molecular weight is 311 g/mol. The van der Waals surface area contributed by atoms with Crippen molar-refractivity contribution in [3.63, 3.8) is 0 Å². The Morgan fingerprint density at radius 3 is 2.30 bits per heavy atom. The lowest BCUT2D eigenvalue weighted by molar-refractivity contribution is -0.129. The fourth-order valence-electron chi connectivity index (χ4n) is 6.14. The van der Waals surface area contributed by atoms with Crippen LogP contribution in [0.4, 0.5) is 0 Å². The number of benzene rings is 1. The summed E-state index contributed by atoms with van der Waals surface area (Å²) in [5.41, 5.74) is 3.03. The van der Waals surface area contributed by atoms with Gasteiger partial charge in [-0.3, -0.25) is 4.79 Å². The van der Waals surface area contributed by atoms with Crippen LogP contribution in [0.25, 0.3) is 0 Å². The van der Waals surface area contributed by atoms with E-state index in [1.807, 2.05) is 0 Å². The first kappa shape index (κ1) is 15.2. The first-order valence-electron chi connectivity index (χ1n) is 9.43. The average Bonchev–Trinajstić information content (AvgIpc) is 2.47. The van der Waals surface area contributed by atoms with E-state index >= 15 is 0 Å². The van der Waals surface area contributed by atoms with E-state index in [9.17, 15) is 4.79 Å². The zero-order valence-corrected chi connectivity index (χ0v) is 14.3. The molecule has 4 bridgehead atoms. The maximum Gasteiger partial charge on any atom is 0.220 e. The Morgan fingerprint density at radius 2 is 1.70 bits per heavy atom. The molecule has 4 aliphatic rings. The molecule has 2 nitrogen and oxygen atoms in total. The van der Waals surface area contributed by atoms with Crippen molar-refractivity contribution in [1.82, 2.24) is 5.32 Å². The Labute approximate surface area is 140 Å². The normalized spacial score (nSPS) is 34.6. The highest BCUT2D eigenvalue weighted by atomic mass is 16.1. The van der Waals surface area contributed by atoms with E-state index in [0.29, 0.717) is 11.3 Å². The standard InChI is InChI=1S/C21H29NO/c1-15-4-2-3-5-19(15)6-7-22-20(23)14-21-11-16-8-17(12-21)10-18(9-16)13-21/h2-5,16-18H,6-14H2,1H3,(H,22,23). The molecule has 1 amide bonds. The van der Waals surface area contributed by atoms with Crippen LogP contribution in [0.3, 0.4) is 0 Å². The largest absolute Gasteiger partial charge is 0.356 e. The first-order chi connectivity index (χ1) is 11.1. The Hall–Kier alpha value is -1.31. The number of carbonyl (C=O) groups is 1. The van der Waals surface area contributed by atoms with Crippen molar-refractivity contribution in [2.24, 2.45) is 23.2 Å². The van der Waals surface area contributed by atoms with Gasteiger partial charge in [-0.25, -0.2) is 0 Å². The molecule has 1 aromatic carbocycles. The SMILES string of the molecule is Cc1ccccc1CCNC(=O)CC12CC3CC(CC(C3)C1)C2. The van der Waals surface area contributed by atoms with Gasteiger partial charge in [0.25, 0.3) is 0 Å². The lowest BCUT2D eigenvalue weighted by Crippen LogP contribution is -2.48. The molecule has 1 N–H and O–H groups in total. The van der Waals surface area contributed by atoms with Crippen LogP contribution >= 0.6 is 0 Å². The molecule has 0 atom stereocenters. The highest BCUT2D eigenvalue weighted by Gasteiger charge is 2.51. The number of amides is 1. The molecule has 124 valence electrons. The second-order valence-corrected chi connectivity index (χ2v) is 8.62. The van der Waals surface area contributed by atoms with Gasteiger partial charge in [0.15, 0.2) is 0 Å². The molecule has 0 radical (unpaired) electrons. The molecule has 0 aliphatic heterocycles. The minimum Gasteiger partial charge on any atom is -0.356 e. The molecule has 0 unspecified atom stereocenters. The van der Waals surface area contributed by atoms with Crippen molar-refractivity contribution < 1.29 is 4.79 Å². The smallest absolute Gasteiger partial charge is 0.220 e. The molecule has 2 heteroatoms. The van der Waals surface area contributed by atoms with Gasteiger partial charge in [0, 0.05) is 13.0 Å². The van der Waals surface area contributed by atoms with Gasteiger partial charge in [0.05, 0.1) is 0 Å². The molecule has 23 heavy (non-hydrogen) atoms. The quantitative estimate of drug-likeness (QED) is 0.865. The molecule has 1 aromatic rings. The van der Waals surface area contributed by atoms with Crippen molar-refractivity contribution in [2.75, 3.05) is 6.54 Å². The predicted molar refractivity (Wildman–Crippen MR) is 93.1 cm³/mol. The summed E-state index contributed by atoms with van der Waals surface area (Å²) in [6.45, 7) is 2.92. The minimum atomic E-state index is 0.292. The van der Waals surface area contributed by atoms with Gasteiger partial charge >= 0.3 is 0 Å². The van der Waals surface area contributed by atoms with Crippen LogP contribution < -0.4 is 5.32 Å². The van der Waals surface area contributed by atoms with E-state index in [0.717, 1.165) is 37.1 Å². The second-order valence-electron chi connectivity index (χ2n) is 8.62. The van der Waals surface area contributed by atoms with Crippen LogP contribution in [-0.2, 0) is 11.2 Å². The fourth-order valence-corrected chi connectivity index (χ4v) is 6.14. The zero-order valence-electron chi connectivity index (χ0n) is 14.3. The van der Waals surface area contributed by atoms with E-state index in [-0.39, 0.29) is 0 Å².